The van der Waals surface area contributed by atoms with Crippen LogP contribution in [0.15, 0.2) is 30.6 Å². The Morgan fingerprint density at radius 1 is 1.21 bits per heavy atom. The SMILES string of the molecule is Cc1cncc(COc2c(F)cc(C=O)cc2F)c1. The molecule has 1 aromatic carbocycles. The van der Waals surface area contributed by atoms with E-state index in [1.54, 1.807) is 12.4 Å². The van der Waals surface area contributed by atoms with Crippen LogP contribution in [-0.2, 0) is 6.61 Å². The quantitative estimate of drug-likeness (QED) is 0.796. The first-order valence-electron chi connectivity index (χ1n) is 5.57. The largest absolute Gasteiger partial charge is 0.483 e. The van der Waals surface area contributed by atoms with Gasteiger partial charge in [-0.15, -0.1) is 0 Å². The summed E-state index contributed by atoms with van der Waals surface area (Å²) >= 11 is 0. The Morgan fingerprint density at radius 2 is 1.89 bits per heavy atom. The number of hydrogen-bond acceptors (Lipinski definition) is 3. The third-order valence-corrected chi connectivity index (χ3v) is 2.47. The van der Waals surface area contributed by atoms with Gasteiger partial charge < -0.3 is 4.74 Å². The lowest BCUT2D eigenvalue weighted by molar-refractivity contribution is 0.112. The van der Waals surface area contributed by atoms with Crippen molar-refractivity contribution in [2.45, 2.75) is 13.5 Å². The lowest BCUT2D eigenvalue weighted by Crippen LogP contribution is -2.01. The first kappa shape index (κ1) is 13.1. The molecule has 5 heteroatoms. The second-order valence-corrected chi connectivity index (χ2v) is 4.09. The van der Waals surface area contributed by atoms with Crippen molar-refractivity contribution in [1.82, 2.24) is 4.98 Å². The smallest absolute Gasteiger partial charge is 0.191 e. The number of halogens is 2. The average Bonchev–Trinajstić information content (AvgIpc) is 2.37. The highest BCUT2D eigenvalue weighted by Crippen LogP contribution is 2.23. The highest BCUT2D eigenvalue weighted by atomic mass is 19.1. The van der Waals surface area contributed by atoms with Crippen LogP contribution in [0.5, 0.6) is 5.75 Å². The number of carbonyl (C=O) groups is 1. The van der Waals surface area contributed by atoms with Gasteiger partial charge in [-0.2, -0.15) is 0 Å². The molecule has 98 valence electrons. The van der Waals surface area contributed by atoms with Crippen molar-refractivity contribution in [2.24, 2.45) is 0 Å². The van der Waals surface area contributed by atoms with Crippen LogP contribution in [0.25, 0.3) is 0 Å². The molecule has 0 unspecified atom stereocenters. The Morgan fingerprint density at radius 3 is 2.47 bits per heavy atom. The Balaban J connectivity index is 2.18. The van der Waals surface area contributed by atoms with Crippen molar-refractivity contribution in [2.75, 3.05) is 0 Å². The summed E-state index contributed by atoms with van der Waals surface area (Å²) in [6.45, 7) is 1.86. The molecule has 0 radical (unpaired) electrons. The monoisotopic (exact) mass is 263 g/mol. The number of rotatable bonds is 4. The Labute approximate surface area is 108 Å². The standard InChI is InChI=1S/C14H11F2NO2/c1-9-2-11(6-17-5-9)8-19-14-12(15)3-10(7-18)4-13(14)16/h2-7H,8H2,1H3. The lowest BCUT2D eigenvalue weighted by atomic mass is 10.2. The second-order valence-electron chi connectivity index (χ2n) is 4.09. The van der Waals surface area contributed by atoms with Crippen LogP contribution < -0.4 is 4.74 Å². The minimum Gasteiger partial charge on any atom is -0.483 e. The van der Waals surface area contributed by atoms with E-state index in [0.717, 1.165) is 17.7 Å². The molecular weight excluding hydrogens is 252 g/mol. The summed E-state index contributed by atoms with van der Waals surface area (Å²) in [6.07, 6.45) is 3.60. The fourth-order valence-corrected chi connectivity index (χ4v) is 1.64. The van der Waals surface area contributed by atoms with Crippen LogP contribution >= 0.6 is 0 Å². The number of ether oxygens (including phenoxy) is 1. The van der Waals surface area contributed by atoms with Crippen LogP contribution in [0.2, 0.25) is 0 Å². The van der Waals surface area contributed by atoms with Gasteiger partial charge >= 0.3 is 0 Å². The Kier molecular flexibility index (Phi) is 3.85. The fourth-order valence-electron chi connectivity index (χ4n) is 1.64. The summed E-state index contributed by atoms with van der Waals surface area (Å²) < 4.78 is 32.2. The van der Waals surface area contributed by atoms with E-state index in [2.05, 4.69) is 4.98 Å². The first-order valence-corrected chi connectivity index (χ1v) is 5.57. The van der Waals surface area contributed by atoms with Crippen molar-refractivity contribution >= 4 is 6.29 Å². The average molecular weight is 263 g/mol. The third kappa shape index (κ3) is 3.13. The van der Waals surface area contributed by atoms with Gasteiger partial charge in [0.15, 0.2) is 17.4 Å². The molecule has 2 aromatic rings. The second kappa shape index (κ2) is 5.56. The Bertz CT molecular complexity index is 591. The molecule has 0 aliphatic heterocycles. The van der Waals surface area contributed by atoms with Crippen LogP contribution in [0, 0.1) is 18.6 Å². The lowest BCUT2D eigenvalue weighted by Gasteiger charge is -2.09. The highest BCUT2D eigenvalue weighted by molar-refractivity contribution is 5.75. The zero-order valence-electron chi connectivity index (χ0n) is 10.2. The summed E-state index contributed by atoms with van der Waals surface area (Å²) in [6, 6.07) is 3.67. The van der Waals surface area contributed by atoms with Gasteiger partial charge in [-0.1, -0.05) is 0 Å². The number of aryl methyl sites for hydroxylation is 1. The van der Waals surface area contributed by atoms with Gasteiger partial charge in [-0.25, -0.2) is 8.78 Å². The molecular formula is C14H11F2NO2. The summed E-state index contributed by atoms with van der Waals surface area (Å²) in [5.41, 5.74) is 1.57. The number of pyridine rings is 1. The maximum absolute atomic E-state index is 13.5. The fraction of sp³-hybridized carbons (Fsp3) is 0.143. The van der Waals surface area contributed by atoms with Crippen LogP contribution in [0.4, 0.5) is 8.78 Å². The summed E-state index contributed by atoms with van der Waals surface area (Å²) in [4.78, 5) is 14.4. The van der Waals surface area contributed by atoms with E-state index in [4.69, 9.17) is 4.74 Å². The zero-order chi connectivity index (χ0) is 13.8. The molecule has 2 rings (SSSR count). The number of hydrogen-bond donors (Lipinski definition) is 0. The summed E-state index contributed by atoms with van der Waals surface area (Å²) in [5.74, 6) is -2.29. The van der Waals surface area contributed by atoms with Gasteiger partial charge in [0.05, 0.1) is 0 Å². The number of aromatic nitrogens is 1. The number of benzene rings is 1. The number of aldehydes is 1. The summed E-state index contributed by atoms with van der Waals surface area (Å²) in [7, 11) is 0. The van der Waals surface area contributed by atoms with Crippen molar-refractivity contribution in [3.8, 4) is 5.75 Å². The van der Waals surface area contributed by atoms with Gasteiger partial charge in [-0.3, -0.25) is 9.78 Å². The first-order chi connectivity index (χ1) is 9.10. The number of carbonyl (C=O) groups excluding carboxylic acids is 1. The highest BCUT2D eigenvalue weighted by Gasteiger charge is 2.12. The van der Waals surface area contributed by atoms with Crippen LogP contribution in [-0.4, -0.2) is 11.3 Å². The van der Waals surface area contributed by atoms with E-state index in [1.807, 2.05) is 13.0 Å². The Hall–Kier alpha value is -2.30. The topological polar surface area (TPSA) is 39.2 Å². The maximum Gasteiger partial charge on any atom is 0.191 e. The van der Waals surface area contributed by atoms with Crippen molar-refractivity contribution in [1.29, 1.82) is 0 Å². The minimum atomic E-state index is -0.900. The molecule has 3 nitrogen and oxygen atoms in total. The molecule has 0 saturated carbocycles. The molecule has 0 aliphatic carbocycles. The van der Waals surface area contributed by atoms with Gasteiger partial charge in [0.2, 0.25) is 0 Å². The van der Waals surface area contributed by atoms with Crippen molar-refractivity contribution in [3.05, 3.63) is 58.9 Å². The number of nitrogens with zero attached hydrogens (tertiary/aromatic N) is 1. The predicted octanol–water partition coefficient (Wildman–Crippen LogP) is 3.06. The van der Waals surface area contributed by atoms with Crippen LogP contribution in [0.1, 0.15) is 21.5 Å². The molecule has 1 aromatic heterocycles. The molecule has 0 atom stereocenters. The van der Waals surface area contributed by atoms with E-state index < -0.39 is 17.4 Å². The van der Waals surface area contributed by atoms with E-state index in [-0.39, 0.29) is 12.2 Å². The van der Waals surface area contributed by atoms with Gasteiger partial charge in [0.25, 0.3) is 0 Å². The van der Waals surface area contributed by atoms with E-state index in [1.165, 1.54) is 0 Å². The van der Waals surface area contributed by atoms with Gasteiger partial charge in [0.1, 0.15) is 12.9 Å². The van der Waals surface area contributed by atoms with E-state index >= 15 is 0 Å². The minimum absolute atomic E-state index is 0.00293. The van der Waals surface area contributed by atoms with Crippen LogP contribution in [0.3, 0.4) is 0 Å². The third-order valence-electron chi connectivity index (χ3n) is 2.47. The molecule has 0 fully saturated rings. The maximum atomic E-state index is 13.5. The summed E-state index contributed by atoms with van der Waals surface area (Å²) in [5, 5.41) is 0. The molecule has 0 spiro atoms. The molecule has 0 saturated heterocycles. The molecule has 0 N–H and O–H groups in total. The normalized spacial score (nSPS) is 10.3. The predicted molar refractivity (Wildman–Crippen MR) is 65.1 cm³/mol. The molecule has 0 aliphatic rings. The van der Waals surface area contributed by atoms with Crippen molar-refractivity contribution < 1.29 is 18.3 Å². The van der Waals surface area contributed by atoms with E-state index in [9.17, 15) is 13.6 Å². The molecule has 0 amide bonds. The van der Waals surface area contributed by atoms with Gasteiger partial charge in [0, 0.05) is 23.5 Å². The molecule has 0 bridgehead atoms. The van der Waals surface area contributed by atoms with Gasteiger partial charge in [-0.05, 0) is 30.7 Å². The van der Waals surface area contributed by atoms with E-state index in [0.29, 0.717) is 11.8 Å². The molecule has 19 heavy (non-hydrogen) atoms. The molecule has 1 heterocycles. The van der Waals surface area contributed by atoms with Crippen molar-refractivity contribution in [3.63, 3.8) is 0 Å². The zero-order valence-corrected chi connectivity index (χ0v) is 10.2.